The summed E-state index contributed by atoms with van der Waals surface area (Å²) in [6.07, 6.45) is 0.107. The fourth-order valence-electron chi connectivity index (χ4n) is 1.91. The molecule has 2 aromatic rings. The molecular weight excluding hydrogens is 232 g/mol. The summed E-state index contributed by atoms with van der Waals surface area (Å²) in [6.45, 7) is 0. The second-order valence-electron chi connectivity index (χ2n) is 4.04. The second kappa shape index (κ2) is 5.85. The maximum atomic E-state index is 9.65. The van der Waals surface area contributed by atoms with Crippen LogP contribution in [0.1, 0.15) is 5.56 Å². The average molecular weight is 247 g/mol. The Balaban J connectivity index is 2.34. The molecule has 0 spiro atoms. The Morgan fingerprint density at radius 1 is 0.941 bits per heavy atom. The molecule has 0 amide bonds. The number of hydrogen-bond acceptors (Lipinski definition) is 1. The van der Waals surface area contributed by atoms with Crippen molar-refractivity contribution in [3.05, 3.63) is 60.2 Å². The highest BCUT2D eigenvalue weighted by atomic mass is 35.5. The van der Waals surface area contributed by atoms with E-state index in [-0.39, 0.29) is 5.88 Å². The van der Waals surface area contributed by atoms with Crippen molar-refractivity contribution < 1.29 is 5.11 Å². The highest BCUT2D eigenvalue weighted by Gasteiger charge is 2.08. The largest absolute Gasteiger partial charge is 0.392 e. The van der Waals surface area contributed by atoms with E-state index in [1.165, 1.54) is 5.56 Å². The van der Waals surface area contributed by atoms with Gasteiger partial charge in [-0.25, -0.2) is 0 Å². The average Bonchev–Trinajstić information content (AvgIpc) is 2.40. The minimum atomic E-state index is -0.485. The van der Waals surface area contributed by atoms with Gasteiger partial charge in [-0.2, -0.15) is 0 Å². The number of rotatable bonds is 4. The summed E-state index contributed by atoms with van der Waals surface area (Å²) >= 11 is 5.65. The lowest BCUT2D eigenvalue weighted by Crippen LogP contribution is -2.12. The highest BCUT2D eigenvalue weighted by Crippen LogP contribution is 2.24. The van der Waals surface area contributed by atoms with Crippen LogP contribution in [0.5, 0.6) is 0 Å². The predicted octanol–water partition coefficient (Wildman–Crippen LogP) is 3.50. The second-order valence-corrected chi connectivity index (χ2v) is 4.34. The van der Waals surface area contributed by atoms with E-state index in [9.17, 15) is 5.11 Å². The van der Waals surface area contributed by atoms with E-state index in [1.54, 1.807) is 0 Å². The third-order valence-corrected chi connectivity index (χ3v) is 3.09. The normalized spacial score (nSPS) is 12.4. The van der Waals surface area contributed by atoms with Gasteiger partial charge in [0, 0.05) is 12.3 Å². The zero-order valence-corrected chi connectivity index (χ0v) is 10.3. The van der Waals surface area contributed by atoms with Crippen molar-refractivity contribution >= 4 is 11.6 Å². The Morgan fingerprint density at radius 2 is 1.59 bits per heavy atom. The molecule has 0 saturated heterocycles. The van der Waals surface area contributed by atoms with Gasteiger partial charge in [0.05, 0.1) is 6.10 Å². The first-order valence-electron chi connectivity index (χ1n) is 5.68. The number of alkyl halides is 1. The number of hydrogen-bond donors (Lipinski definition) is 1. The maximum absolute atomic E-state index is 9.65. The summed E-state index contributed by atoms with van der Waals surface area (Å²) in [7, 11) is 0. The molecule has 17 heavy (non-hydrogen) atoms. The summed E-state index contributed by atoms with van der Waals surface area (Å²) in [5.41, 5.74) is 3.47. The van der Waals surface area contributed by atoms with Gasteiger partial charge in [0.2, 0.25) is 0 Å². The van der Waals surface area contributed by atoms with Gasteiger partial charge in [-0.05, 0) is 16.7 Å². The van der Waals surface area contributed by atoms with Crippen LogP contribution in [-0.2, 0) is 6.42 Å². The molecule has 1 atom stereocenters. The molecule has 2 aromatic carbocycles. The lowest BCUT2D eigenvalue weighted by atomic mass is 9.96. The molecule has 0 saturated carbocycles. The SMILES string of the molecule is O[C@H](CCl)Cc1ccccc1-c1ccccc1. The lowest BCUT2D eigenvalue weighted by molar-refractivity contribution is 0.199. The predicted molar refractivity (Wildman–Crippen MR) is 72.3 cm³/mol. The van der Waals surface area contributed by atoms with E-state index in [2.05, 4.69) is 18.2 Å². The molecule has 0 aromatic heterocycles. The van der Waals surface area contributed by atoms with E-state index in [1.807, 2.05) is 36.4 Å². The molecule has 0 radical (unpaired) electrons. The molecule has 0 unspecified atom stereocenters. The Kier molecular flexibility index (Phi) is 4.18. The first kappa shape index (κ1) is 12.2. The molecule has 2 heteroatoms. The summed E-state index contributed by atoms with van der Waals surface area (Å²) in [4.78, 5) is 0. The van der Waals surface area contributed by atoms with E-state index in [0.29, 0.717) is 6.42 Å². The van der Waals surface area contributed by atoms with Crippen molar-refractivity contribution in [3.63, 3.8) is 0 Å². The van der Waals surface area contributed by atoms with Gasteiger partial charge in [-0.15, -0.1) is 11.6 Å². The van der Waals surface area contributed by atoms with Crippen LogP contribution in [0.3, 0.4) is 0 Å². The Hall–Kier alpha value is -1.31. The lowest BCUT2D eigenvalue weighted by Gasteiger charge is -2.12. The summed E-state index contributed by atoms with van der Waals surface area (Å²) in [5.74, 6) is 0.267. The minimum Gasteiger partial charge on any atom is -0.392 e. The van der Waals surface area contributed by atoms with Crippen molar-refractivity contribution in [3.8, 4) is 11.1 Å². The van der Waals surface area contributed by atoms with Gasteiger partial charge in [0.25, 0.3) is 0 Å². The van der Waals surface area contributed by atoms with Crippen molar-refractivity contribution in [1.82, 2.24) is 0 Å². The van der Waals surface area contributed by atoms with Gasteiger partial charge < -0.3 is 5.11 Å². The number of aliphatic hydroxyl groups excluding tert-OH is 1. The van der Waals surface area contributed by atoms with Crippen LogP contribution in [0.15, 0.2) is 54.6 Å². The van der Waals surface area contributed by atoms with Gasteiger partial charge in [0.15, 0.2) is 0 Å². The van der Waals surface area contributed by atoms with E-state index < -0.39 is 6.10 Å². The van der Waals surface area contributed by atoms with Gasteiger partial charge >= 0.3 is 0 Å². The fraction of sp³-hybridized carbons (Fsp3) is 0.200. The maximum Gasteiger partial charge on any atom is 0.0716 e. The molecule has 0 heterocycles. The standard InChI is InChI=1S/C15H15ClO/c16-11-14(17)10-13-8-4-5-9-15(13)12-6-2-1-3-7-12/h1-9,14,17H,10-11H2/t14-/m0/s1. The smallest absolute Gasteiger partial charge is 0.0716 e. The molecule has 1 nitrogen and oxygen atoms in total. The molecule has 2 rings (SSSR count). The zero-order valence-electron chi connectivity index (χ0n) is 9.51. The van der Waals surface area contributed by atoms with E-state index >= 15 is 0 Å². The number of halogens is 1. The van der Waals surface area contributed by atoms with Crippen LogP contribution in [0.2, 0.25) is 0 Å². The van der Waals surface area contributed by atoms with Crippen LogP contribution >= 0.6 is 11.6 Å². The van der Waals surface area contributed by atoms with Crippen LogP contribution < -0.4 is 0 Å². The molecule has 0 bridgehead atoms. The summed E-state index contributed by atoms with van der Waals surface area (Å²) < 4.78 is 0. The molecule has 0 fully saturated rings. The fourth-order valence-corrected chi connectivity index (χ4v) is 2.02. The van der Waals surface area contributed by atoms with Crippen LogP contribution in [-0.4, -0.2) is 17.1 Å². The molecule has 1 N–H and O–H groups in total. The molecule has 0 aliphatic heterocycles. The van der Waals surface area contributed by atoms with Gasteiger partial charge in [-0.1, -0.05) is 54.6 Å². The quantitative estimate of drug-likeness (QED) is 0.819. The monoisotopic (exact) mass is 246 g/mol. The number of benzene rings is 2. The van der Waals surface area contributed by atoms with Crippen LogP contribution in [0.4, 0.5) is 0 Å². The zero-order chi connectivity index (χ0) is 12.1. The van der Waals surface area contributed by atoms with Crippen molar-refractivity contribution in [1.29, 1.82) is 0 Å². The molecular formula is C15H15ClO. The Bertz CT molecular complexity index is 467. The molecule has 0 aliphatic carbocycles. The van der Waals surface area contributed by atoms with Crippen molar-refractivity contribution in [2.75, 3.05) is 5.88 Å². The number of aliphatic hydroxyl groups is 1. The van der Waals surface area contributed by atoms with Gasteiger partial charge in [-0.3, -0.25) is 0 Å². The molecule has 0 aliphatic rings. The first-order valence-corrected chi connectivity index (χ1v) is 6.22. The van der Waals surface area contributed by atoms with Gasteiger partial charge in [0.1, 0.15) is 0 Å². The van der Waals surface area contributed by atoms with E-state index in [0.717, 1.165) is 11.1 Å². The molecule has 88 valence electrons. The van der Waals surface area contributed by atoms with E-state index in [4.69, 9.17) is 11.6 Å². The topological polar surface area (TPSA) is 20.2 Å². The highest BCUT2D eigenvalue weighted by molar-refractivity contribution is 6.18. The third-order valence-electron chi connectivity index (χ3n) is 2.74. The van der Waals surface area contributed by atoms with Crippen molar-refractivity contribution in [2.24, 2.45) is 0 Å². The summed E-state index contributed by atoms with van der Waals surface area (Å²) in [6, 6.07) is 18.3. The summed E-state index contributed by atoms with van der Waals surface area (Å²) in [5, 5.41) is 9.65. The third kappa shape index (κ3) is 3.09. The van der Waals surface area contributed by atoms with Crippen molar-refractivity contribution in [2.45, 2.75) is 12.5 Å². The first-order chi connectivity index (χ1) is 8.31. The van der Waals surface area contributed by atoms with Crippen LogP contribution in [0, 0.1) is 0 Å². The Morgan fingerprint density at radius 3 is 2.29 bits per heavy atom. The Labute approximate surface area is 107 Å². The van der Waals surface area contributed by atoms with Crippen LogP contribution in [0.25, 0.3) is 11.1 Å². The minimum absolute atomic E-state index is 0.267.